The minimum atomic E-state index is -0.0223. The molecule has 0 N–H and O–H groups in total. The molecule has 0 radical (unpaired) electrons. The van der Waals surface area contributed by atoms with Crippen LogP contribution in [0.25, 0.3) is 0 Å². The second kappa shape index (κ2) is 2.36. The summed E-state index contributed by atoms with van der Waals surface area (Å²) < 4.78 is 5.12. The molecular weight excluding hydrogens is 140 g/mol. The topological polar surface area (TPSA) is 26.3 Å². The van der Waals surface area contributed by atoms with Crippen LogP contribution in [0.15, 0.2) is 11.6 Å². The molecule has 1 aliphatic heterocycles. The summed E-state index contributed by atoms with van der Waals surface area (Å²) in [6.07, 6.45) is 5.10. The highest BCUT2D eigenvalue weighted by Gasteiger charge is 2.34. The van der Waals surface area contributed by atoms with E-state index in [0.717, 1.165) is 12.8 Å². The maximum atomic E-state index is 10.9. The van der Waals surface area contributed by atoms with Crippen LogP contribution in [0.4, 0.5) is 0 Å². The zero-order chi connectivity index (χ0) is 7.84. The van der Waals surface area contributed by atoms with Gasteiger partial charge in [-0.15, -0.1) is 0 Å². The lowest BCUT2D eigenvalue weighted by molar-refractivity contribution is -0.140. The minimum absolute atomic E-state index is 0.0223. The highest BCUT2D eigenvalue weighted by Crippen LogP contribution is 2.33. The molecule has 0 saturated carbocycles. The average molecular weight is 152 g/mol. The summed E-state index contributed by atoms with van der Waals surface area (Å²) in [6.45, 7) is 2.10. The largest absolute Gasteiger partial charge is 0.458 e. The second-order valence-electron chi connectivity index (χ2n) is 3.47. The van der Waals surface area contributed by atoms with Gasteiger partial charge in [-0.05, 0) is 25.8 Å². The Morgan fingerprint density at radius 1 is 1.64 bits per heavy atom. The van der Waals surface area contributed by atoms with E-state index in [9.17, 15) is 4.79 Å². The molecule has 60 valence electrons. The first-order valence-corrected chi connectivity index (χ1v) is 4.12. The fraction of sp³-hybridized carbons (Fsp3) is 0.667. The van der Waals surface area contributed by atoms with Gasteiger partial charge >= 0.3 is 5.97 Å². The van der Waals surface area contributed by atoms with Gasteiger partial charge in [0.2, 0.25) is 0 Å². The van der Waals surface area contributed by atoms with Crippen molar-refractivity contribution >= 4 is 5.97 Å². The van der Waals surface area contributed by atoms with E-state index in [4.69, 9.17) is 4.74 Å². The summed E-state index contributed by atoms with van der Waals surface area (Å²) in [5, 5.41) is 0. The van der Waals surface area contributed by atoms with Crippen LogP contribution in [-0.4, -0.2) is 12.1 Å². The van der Waals surface area contributed by atoms with E-state index >= 15 is 0 Å². The van der Waals surface area contributed by atoms with Crippen molar-refractivity contribution < 1.29 is 9.53 Å². The molecule has 11 heavy (non-hydrogen) atoms. The Bertz CT molecular complexity index is 218. The maximum Gasteiger partial charge on any atom is 0.306 e. The number of hydrogen-bond acceptors (Lipinski definition) is 2. The molecule has 0 spiro atoms. The third-order valence-electron chi connectivity index (χ3n) is 2.52. The Kier molecular flexibility index (Phi) is 1.48. The number of carbonyl (C=O) groups excluding carboxylic acids is 1. The van der Waals surface area contributed by atoms with E-state index in [0.29, 0.717) is 12.3 Å². The van der Waals surface area contributed by atoms with Crippen molar-refractivity contribution in [3.05, 3.63) is 11.6 Å². The van der Waals surface area contributed by atoms with Crippen LogP contribution in [0.1, 0.15) is 26.2 Å². The number of rotatable bonds is 0. The van der Waals surface area contributed by atoms with Crippen LogP contribution >= 0.6 is 0 Å². The first kappa shape index (κ1) is 6.89. The molecule has 0 aromatic heterocycles. The van der Waals surface area contributed by atoms with Crippen LogP contribution in [-0.2, 0) is 9.53 Å². The monoisotopic (exact) mass is 152 g/mol. The van der Waals surface area contributed by atoms with Gasteiger partial charge in [-0.25, -0.2) is 0 Å². The predicted octanol–water partition coefficient (Wildman–Crippen LogP) is 1.66. The lowest BCUT2D eigenvalue weighted by Crippen LogP contribution is -2.17. The lowest BCUT2D eigenvalue weighted by Gasteiger charge is -2.19. The molecule has 1 heterocycles. The zero-order valence-electron chi connectivity index (χ0n) is 6.67. The third kappa shape index (κ3) is 1.17. The van der Waals surface area contributed by atoms with Gasteiger partial charge in [-0.1, -0.05) is 5.57 Å². The number of esters is 1. The van der Waals surface area contributed by atoms with E-state index in [2.05, 4.69) is 13.0 Å². The van der Waals surface area contributed by atoms with Crippen molar-refractivity contribution in [2.75, 3.05) is 0 Å². The molecule has 2 heteroatoms. The van der Waals surface area contributed by atoms with Crippen molar-refractivity contribution in [3.63, 3.8) is 0 Å². The highest BCUT2D eigenvalue weighted by molar-refractivity contribution is 5.72. The number of ether oxygens (including phenoxy) is 1. The molecule has 2 unspecified atom stereocenters. The summed E-state index contributed by atoms with van der Waals surface area (Å²) >= 11 is 0. The van der Waals surface area contributed by atoms with Crippen LogP contribution in [0.2, 0.25) is 0 Å². The summed E-state index contributed by atoms with van der Waals surface area (Å²) in [6, 6.07) is 0. The Morgan fingerprint density at radius 2 is 2.45 bits per heavy atom. The van der Waals surface area contributed by atoms with Crippen LogP contribution in [0.3, 0.4) is 0 Å². The van der Waals surface area contributed by atoms with Gasteiger partial charge in [0.25, 0.3) is 0 Å². The van der Waals surface area contributed by atoms with Gasteiger partial charge in [0.15, 0.2) is 0 Å². The minimum Gasteiger partial charge on any atom is -0.458 e. The second-order valence-corrected chi connectivity index (χ2v) is 3.47. The van der Waals surface area contributed by atoms with Crippen molar-refractivity contribution in [2.45, 2.75) is 32.3 Å². The fourth-order valence-corrected chi connectivity index (χ4v) is 1.84. The molecule has 0 aromatic rings. The van der Waals surface area contributed by atoms with Gasteiger partial charge < -0.3 is 4.74 Å². The Balaban J connectivity index is 2.17. The van der Waals surface area contributed by atoms with Gasteiger partial charge in [0.1, 0.15) is 6.10 Å². The summed E-state index contributed by atoms with van der Waals surface area (Å²) in [4.78, 5) is 10.9. The molecule has 2 aliphatic rings. The van der Waals surface area contributed by atoms with E-state index in [1.54, 1.807) is 0 Å². The molecular formula is C9H12O2. The number of fused-ring (bicyclic) bond motifs is 1. The summed E-state index contributed by atoms with van der Waals surface area (Å²) in [5.41, 5.74) is 1.36. The van der Waals surface area contributed by atoms with E-state index in [1.807, 2.05) is 0 Å². The molecule has 2 rings (SSSR count). The molecule has 1 fully saturated rings. The maximum absolute atomic E-state index is 10.9. The molecule has 1 saturated heterocycles. The number of allylic oxidation sites excluding steroid dienone is 1. The molecule has 0 bridgehead atoms. The van der Waals surface area contributed by atoms with Crippen molar-refractivity contribution in [1.82, 2.24) is 0 Å². The molecule has 2 atom stereocenters. The Labute approximate surface area is 66.2 Å². The highest BCUT2D eigenvalue weighted by atomic mass is 16.5. The fourth-order valence-electron chi connectivity index (χ4n) is 1.84. The van der Waals surface area contributed by atoms with Crippen molar-refractivity contribution in [2.24, 2.45) is 5.92 Å². The van der Waals surface area contributed by atoms with Crippen LogP contribution < -0.4 is 0 Å². The van der Waals surface area contributed by atoms with E-state index in [1.165, 1.54) is 5.57 Å². The standard InChI is InChI=1S/C9H12O2/c1-6-2-3-7-5-9(10)11-8(7)4-6/h4,7-8H,2-3,5H2,1H3. The number of carbonyl (C=O) groups is 1. The van der Waals surface area contributed by atoms with E-state index in [-0.39, 0.29) is 12.1 Å². The third-order valence-corrected chi connectivity index (χ3v) is 2.52. The molecule has 0 amide bonds. The molecule has 2 nitrogen and oxygen atoms in total. The van der Waals surface area contributed by atoms with Crippen molar-refractivity contribution in [1.29, 1.82) is 0 Å². The summed E-state index contributed by atoms with van der Waals surface area (Å²) in [5.74, 6) is 0.456. The normalized spacial score (nSPS) is 36.1. The Hall–Kier alpha value is -0.790. The first-order valence-electron chi connectivity index (χ1n) is 4.12. The molecule has 0 aromatic carbocycles. The average Bonchev–Trinajstić information content (AvgIpc) is 2.27. The zero-order valence-corrected chi connectivity index (χ0v) is 6.67. The first-order chi connectivity index (χ1) is 5.25. The van der Waals surface area contributed by atoms with E-state index < -0.39 is 0 Å². The van der Waals surface area contributed by atoms with Gasteiger partial charge in [0, 0.05) is 5.92 Å². The van der Waals surface area contributed by atoms with Gasteiger partial charge in [-0.3, -0.25) is 4.79 Å². The smallest absolute Gasteiger partial charge is 0.306 e. The van der Waals surface area contributed by atoms with Gasteiger partial charge in [0.05, 0.1) is 6.42 Å². The van der Waals surface area contributed by atoms with Gasteiger partial charge in [-0.2, -0.15) is 0 Å². The molecule has 1 aliphatic carbocycles. The lowest BCUT2D eigenvalue weighted by atomic mass is 9.87. The van der Waals surface area contributed by atoms with Crippen LogP contribution in [0, 0.1) is 5.92 Å². The predicted molar refractivity (Wildman–Crippen MR) is 41.0 cm³/mol. The quantitative estimate of drug-likeness (QED) is 0.390. The summed E-state index contributed by atoms with van der Waals surface area (Å²) in [7, 11) is 0. The van der Waals surface area contributed by atoms with Crippen molar-refractivity contribution in [3.8, 4) is 0 Å². The number of hydrogen-bond donors (Lipinski definition) is 0. The SMILES string of the molecule is CC1=CC2OC(=O)CC2CC1. The van der Waals surface area contributed by atoms with Crippen LogP contribution in [0.5, 0.6) is 0 Å². The Morgan fingerprint density at radius 3 is 3.27 bits per heavy atom.